The number of halogens is 1. The van der Waals surface area contributed by atoms with Crippen LogP contribution in [0.5, 0.6) is 0 Å². The summed E-state index contributed by atoms with van der Waals surface area (Å²) < 4.78 is 2.15. The third-order valence-corrected chi connectivity index (χ3v) is 3.70. The van der Waals surface area contributed by atoms with Crippen LogP contribution in [0, 0.1) is 0 Å². The SMILES string of the molecule is CCN(CC)CCCC(C)n1cnc2cncnc21.Cl. The van der Waals surface area contributed by atoms with Crippen molar-refractivity contribution in [2.45, 2.75) is 39.7 Å². The van der Waals surface area contributed by atoms with E-state index in [1.165, 1.54) is 13.0 Å². The first kappa shape index (κ1) is 16.9. The fourth-order valence-corrected chi connectivity index (χ4v) is 2.40. The third kappa shape index (κ3) is 3.90. The van der Waals surface area contributed by atoms with Gasteiger partial charge in [0.15, 0.2) is 5.65 Å². The predicted octanol–water partition coefficient (Wildman–Crippen LogP) is 2.93. The fraction of sp³-hybridized carbons (Fsp3) is 0.643. The van der Waals surface area contributed by atoms with Crippen molar-refractivity contribution in [3.8, 4) is 0 Å². The van der Waals surface area contributed by atoms with E-state index in [-0.39, 0.29) is 12.4 Å². The predicted molar refractivity (Wildman–Crippen MR) is 84.3 cm³/mol. The first-order valence-corrected chi connectivity index (χ1v) is 7.11. The maximum absolute atomic E-state index is 4.34. The van der Waals surface area contributed by atoms with Crippen molar-refractivity contribution in [2.24, 2.45) is 0 Å². The van der Waals surface area contributed by atoms with Crippen molar-refractivity contribution in [2.75, 3.05) is 19.6 Å². The lowest BCUT2D eigenvalue weighted by Gasteiger charge is -2.19. The summed E-state index contributed by atoms with van der Waals surface area (Å²) >= 11 is 0. The molecule has 5 nitrogen and oxygen atoms in total. The van der Waals surface area contributed by atoms with Crippen LogP contribution in [0.4, 0.5) is 0 Å². The Labute approximate surface area is 126 Å². The Morgan fingerprint density at radius 3 is 2.70 bits per heavy atom. The van der Waals surface area contributed by atoms with Gasteiger partial charge >= 0.3 is 0 Å². The summed E-state index contributed by atoms with van der Waals surface area (Å²) in [5, 5.41) is 0. The Morgan fingerprint density at radius 1 is 1.25 bits per heavy atom. The van der Waals surface area contributed by atoms with Gasteiger partial charge in [0.1, 0.15) is 11.8 Å². The minimum absolute atomic E-state index is 0. The van der Waals surface area contributed by atoms with Gasteiger partial charge in [-0.3, -0.25) is 0 Å². The minimum atomic E-state index is 0. The molecule has 2 aromatic heterocycles. The Hall–Kier alpha value is -1.20. The van der Waals surface area contributed by atoms with Crippen LogP contribution < -0.4 is 0 Å². The number of fused-ring (bicyclic) bond motifs is 1. The molecule has 2 heterocycles. The van der Waals surface area contributed by atoms with Gasteiger partial charge in [0.25, 0.3) is 0 Å². The van der Waals surface area contributed by atoms with Gasteiger partial charge in [-0.05, 0) is 39.4 Å². The zero-order chi connectivity index (χ0) is 13.7. The molecule has 0 bridgehead atoms. The standard InChI is InChI=1S/C14H23N5.ClH/c1-4-18(5-2)8-6-7-12(3)19-11-17-13-9-15-10-16-14(13)19;/h9-12H,4-8H2,1-3H3;1H. The average molecular weight is 298 g/mol. The molecular weight excluding hydrogens is 274 g/mol. The van der Waals surface area contributed by atoms with E-state index in [1.54, 1.807) is 12.5 Å². The highest BCUT2D eigenvalue weighted by atomic mass is 35.5. The lowest BCUT2D eigenvalue weighted by atomic mass is 10.1. The van der Waals surface area contributed by atoms with Crippen LogP contribution in [-0.2, 0) is 0 Å². The Bertz CT molecular complexity index is 509. The van der Waals surface area contributed by atoms with E-state index < -0.39 is 0 Å². The molecule has 0 aromatic carbocycles. The molecule has 1 unspecified atom stereocenters. The van der Waals surface area contributed by atoms with E-state index in [1.807, 2.05) is 6.33 Å². The first-order valence-electron chi connectivity index (χ1n) is 7.11. The summed E-state index contributed by atoms with van der Waals surface area (Å²) in [7, 11) is 0. The summed E-state index contributed by atoms with van der Waals surface area (Å²) in [4.78, 5) is 15.1. The number of imidazole rings is 1. The van der Waals surface area contributed by atoms with E-state index in [4.69, 9.17) is 0 Å². The Kier molecular flexibility index (Phi) is 6.88. The molecule has 1 atom stereocenters. The van der Waals surface area contributed by atoms with Crippen molar-refractivity contribution < 1.29 is 0 Å². The largest absolute Gasteiger partial charge is 0.312 e. The van der Waals surface area contributed by atoms with Crippen LogP contribution in [0.3, 0.4) is 0 Å². The van der Waals surface area contributed by atoms with Gasteiger partial charge in [0.2, 0.25) is 0 Å². The molecule has 112 valence electrons. The van der Waals surface area contributed by atoms with E-state index in [9.17, 15) is 0 Å². The first-order chi connectivity index (χ1) is 9.26. The number of rotatable bonds is 7. The molecule has 2 aromatic rings. The lowest BCUT2D eigenvalue weighted by Crippen LogP contribution is -2.24. The van der Waals surface area contributed by atoms with Crippen LogP contribution in [0.1, 0.15) is 39.7 Å². The highest BCUT2D eigenvalue weighted by molar-refractivity contribution is 5.85. The lowest BCUT2D eigenvalue weighted by molar-refractivity contribution is 0.288. The molecule has 6 heteroatoms. The maximum atomic E-state index is 4.34. The van der Waals surface area contributed by atoms with Gasteiger partial charge in [-0.2, -0.15) is 0 Å². The third-order valence-electron chi connectivity index (χ3n) is 3.70. The maximum Gasteiger partial charge on any atom is 0.163 e. The smallest absolute Gasteiger partial charge is 0.163 e. The van der Waals surface area contributed by atoms with E-state index in [0.717, 1.165) is 30.7 Å². The molecule has 0 aliphatic heterocycles. The Morgan fingerprint density at radius 2 is 2.00 bits per heavy atom. The van der Waals surface area contributed by atoms with Crippen LogP contribution in [-0.4, -0.2) is 44.1 Å². The number of hydrogen-bond donors (Lipinski definition) is 0. The zero-order valence-corrected chi connectivity index (χ0v) is 13.3. The van der Waals surface area contributed by atoms with Gasteiger partial charge < -0.3 is 9.47 Å². The molecule has 0 radical (unpaired) electrons. The molecule has 0 fully saturated rings. The number of nitrogens with zero attached hydrogens (tertiary/aromatic N) is 5. The van der Waals surface area contributed by atoms with Crippen molar-refractivity contribution in [1.29, 1.82) is 0 Å². The van der Waals surface area contributed by atoms with Crippen molar-refractivity contribution in [1.82, 2.24) is 24.4 Å². The molecule has 0 saturated carbocycles. The summed E-state index contributed by atoms with van der Waals surface area (Å²) in [5.41, 5.74) is 1.81. The minimum Gasteiger partial charge on any atom is -0.312 e. The quantitative estimate of drug-likeness (QED) is 0.788. The average Bonchev–Trinajstić information content (AvgIpc) is 2.87. The summed E-state index contributed by atoms with van der Waals surface area (Å²) in [5.74, 6) is 0. The van der Waals surface area contributed by atoms with Crippen molar-refractivity contribution in [3.63, 3.8) is 0 Å². The molecule has 2 rings (SSSR count). The molecule has 0 amide bonds. The van der Waals surface area contributed by atoms with Crippen LogP contribution in [0.2, 0.25) is 0 Å². The summed E-state index contributed by atoms with van der Waals surface area (Å²) in [6.45, 7) is 10.1. The highest BCUT2D eigenvalue weighted by Crippen LogP contribution is 2.18. The van der Waals surface area contributed by atoms with Crippen molar-refractivity contribution in [3.05, 3.63) is 18.9 Å². The number of aromatic nitrogens is 4. The molecule has 0 N–H and O–H groups in total. The topological polar surface area (TPSA) is 46.8 Å². The van der Waals surface area contributed by atoms with Crippen LogP contribution in [0.15, 0.2) is 18.9 Å². The van der Waals surface area contributed by atoms with Gasteiger partial charge in [0, 0.05) is 6.04 Å². The second kappa shape index (κ2) is 8.17. The van der Waals surface area contributed by atoms with Gasteiger partial charge in [-0.1, -0.05) is 13.8 Å². The van der Waals surface area contributed by atoms with Crippen LogP contribution >= 0.6 is 12.4 Å². The normalized spacial score (nSPS) is 12.6. The zero-order valence-electron chi connectivity index (χ0n) is 12.5. The van der Waals surface area contributed by atoms with Gasteiger partial charge in [-0.15, -0.1) is 12.4 Å². The highest BCUT2D eigenvalue weighted by Gasteiger charge is 2.10. The van der Waals surface area contributed by atoms with E-state index in [0.29, 0.717) is 6.04 Å². The molecular formula is C14H24ClN5. The molecule has 0 saturated heterocycles. The van der Waals surface area contributed by atoms with Gasteiger partial charge in [0.05, 0.1) is 12.5 Å². The van der Waals surface area contributed by atoms with Gasteiger partial charge in [-0.25, -0.2) is 15.0 Å². The number of hydrogen-bond acceptors (Lipinski definition) is 4. The summed E-state index contributed by atoms with van der Waals surface area (Å²) in [6.07, 6.45) is 7.57. The monoisotopic (exact) mass is 297 g/mol. The van der Waals surface area contributed by atoms with Crippen LogP contribution in [0.25, 0.3) is 11.2 Å². The fourth-order valence-electron chi connectivity index (χ4n) is 2.40. The molecule has 0 aliphatic carbocycles. The second-order valence-corrected chi connectivity index (χ2v) is 4.90. The molecule has 20 heavy (non-hydrogen) atoms. The summed E-state index contributed by atoms with van der Waals surface area (Å²) in [6, 6.07) is 0.426. The molecule has 0 aliphatic rings. The van der Waals surface area contributed by atoms with E-state index in [2.05, 4.69) is 45.2 Å². The molecule has 0 spiro atoms. The Balaban J connectivity index is 0.00000200. The second-order valence-electron chi connectivity index (χ2n) is 4.90. The van der Waals surface area contributed by atoms with E-state index >= 15 is 0 Å². The van der Waals surface area contributed by atoms with Crippen molar-refractivity contribution >= 4 is 23.6 Å².